The third-order valence-electron chi connectivity index (χ3n) is 6.11. The Bertz CT molecular complexity index is 1010. The topological polar surface area (TPSA) is 123 Å². The van der Waals surface area contributed by atoms with Crippen molar-refractivity contribution < 1.29 is 33.8 Å². The zero-order valence-electron chi connectivity index (χ0n) is 18.9. The van der Waals surface area contributed by atoms with Gasteiger partial charge in [-0.15, -0.1) is 0 Å². The SMILES string of the molecule is COCC(ONC(=O)[C@H](CC1CC1)NC(=O)OCC1c2ccccc2-c2ccccc21)C(=O)O. The monoisotopic (exact) mass is 468 g/mol. The number of carboxylic acids is 1. The molecule has 1 fully saturated rings. The van der Waals surface area contributed by atoms with E-state index in [0.29, 0.717) is 12.3 Å². The average Bonchev–Trinajstić information content (AvgIpc) is 3.60. The van der Waals surface area contributed by atoms with E-state index in [1.54, 1.807) is 0 Å². The zero-order chi connectivity index (χ0) is 24.1. The maximum atomic E-state index is 12.6. The number of alkyl carbamates (subject to hydrolysis) is 1. The molecule has 4 rings (SSSR count). The number of hydroxylamine groups is 1. The lowest BCUT2D eigenvalue weighted by Crippen LogP contribution is -2.49. The van der Waals surface area contributed by atoms with Crippen LogP contribution < -0.4 is 10.8 Å². The minimum atomic E-state index is -1.36. The molecule has 2 aliphatic rings. The standard InChI is InChI=1S/C25H28N2O7/c1-32-14-22(24(29)30)34-27-23(28)21(12-15-10-11-15)26-25(31)33-13-20-18-8-4-2-6-16(18)17-7-3-5-9-19(17)20/h2-9,15,20-22H,10-14H2,1H3,(H,26,31)(H,27,28)(H,29,30)/t21-,22?/m0/s1. The molecule has 0 aliphatic heterocycles. The van der Waals surface area contributed by atoms with Gasteiger partial charge in [0.2, 0.25) is 6.10 Å². The predicted molar refractivity (Wildman–Crippen MR) is 122 cm³/mol. The summed E-state index contributed by atoms with van der Waals surface area (Å²) >= 11 is 0. The van der Waals surface area contributed by atoms with E-state index in [1.165, 1.54) is 7.11 Å². The lowest BCUT2D eigenvalue weighted by atomic mass is 9.98. The Kier molecular flexibility index (Phi) is 7.44. The van der Waals surface area contributed by atoms with Gasteiger partial charge in [-0.2, -0.15) is 0 Å². The summed E-state index contributed by atoms with van der Waals surface area (Å²) in [5.74, 6) is -1.69. The van der Waals surface area contributed by atoms with Crippen LogP contribution in [-0.2, 0) is 23.9 Å². The Morgan fingerprint density at radius 1 is 1.03 bits per heavy atom. The van der Waals surface area contributed by atoms with Gasteiger partial charge < -0.3 is 19.9 Å². The molecule has 0 spiro atoms. The Morgan fingerprint density at radius 2 is 1.65 bits per heavy atom. The van der Waals surface area contributed by atoms with Crippen molar-refractivity contribution in [1.82, 2.24) is 10.8 Å². The van der Waals surface area contributed by atoms with Gasteiger partial charge in [0.25, 0.3) is 5.91 Å². The second-order valence-corrected chi connectivity index (χ2v) is 8.57. The summed E-state index contributed by atoms with van der Waals surface area (Å²) in [5.41, 5.74) is 6.57. The number of hydrogen-bond donors (Lipinski definition) is 3. The van der Waals surface area contributed by atoms with Crippen molar-refractivity contribution in [1.29, 1.82) is 0 Å². The molecule has 3 N–H and O–H groups in total. The largest absolute Gasteiger partial charge is 0.479 e. The highest BCUT2D eigenvalue weighted by atomic mass is 16.7. The lowest BCUT2D eigenvalue weighted by Gasteiger charge is -2.20. The normalized spacial score (nSPS) is 16.1. The molecule has 2 amide bonds. The van der Waals surface area contributed by atoms with E-state index < -0.39 is 30.1 Å². The lowest BCUT2D eigenvalue weighted by molar-refractivity contribution is -0.165. The Labute approximate surface area is 197 Å². The number of aliphatic carboxylic acids is 1. The highest BCUT2D eigenvalue weighted by molar-refractivity contribution is 5.85. The van der Waals surface area contributed by atoms with Gasteiger partial charge in [0.1, 0.15) is 12.6 Å². The molecule has 9 heteroatoms. The number of nitrogens with one attached hydrogen (secondary N) is 2. The Morgan fingerprint density at radius 3 is 2.21 bits per heavy atom. The number of ether oxygens (including phenoxy) is 2. The molecule has 1 unspecified atom stereocenters. The van der Waals surface area contributed by atoms with Crippen LogP contribution in [0.5, 0.6) is 0 Å². The molecule has 0 bridgehead atoms. The molecule has 1 saturated carbocycles. The molecule has 2 aromatic carbocycles. The van der Waals surface area contributed by atoms with Crippen molar-refractivity contribution in [2.75, 3.05) is 20.3 Å². The second kappa shape index (κ2) is 10.7. The molecule has 0 radical (unpaired) electrons. The van der Waals surface area contributed by atoms with E-state index >= 15 is 0 Å². The van der Waals surface area contributed by atoms with Crippen molar-refractivity contribution in [3.8, 4) is 11.1 Å². The molecule has 2 aromatic rings. The van der Waals surface area contributed by atoms with Crippen molar-refractivity contribution in [2.45, 2.75) is 37.3 Å². The van der Waals surface area contributed by atoms with Gasteiger partial charge in [-0.05, 0) is 34.6 Å². The van der Waals surface area contributed by atoms with Crippen molar-refractivity contribution >= 4 is 18.0 Å². The summed E-state index contributed by atoms with van der Waals surface area (Å²) in [6.45, 7) is -0.105. The maximum absolute atomic E-state index is 12.6. The van der Waals surface area contributed by atoms with Crippen LogP contribution in [0.4, 0.5) is 4.79 Å². The molecular weight excluding hydrogens is 440 g/mol. The minimum Gasteiger partial charge on any atom is -0.479 e. The predicted octanol–water partition coefficient (Wildman–Crippen LogP) is 2.84. The first-order chi connectivity index (χ1) is 16.5. The van der Waals surface area contributed by atoms with Crippen LogP contribution in [0, 0.1) is 5.92 Å². The zero-order valence-corrected chi connectivity index (χ0v) is 18.9. The number of fused-ring (bicyclic) bond motifs is 3. The van der Waals surface area contributed by atoms with E-state index in [9.17, 15) is 14.4 Å². The van der Waals surface area contributed by atoms with Crippen LogP contribution in [0.25, 0.3) is 11.1 Å². The average molecular weight is 469 g/mol. The van der Waals surface area contributed by atoms with Gasteiger partial charge in [0.05, 0.1) is 6.61 Å². The number of rotatable bonds is 11. The first-order valence-corrected chi connectivity index (χ1v) is 11.3. The van der Waals surface area contributed by atoms with Gasteiger partial charge in [-0.25, -0.2) is 15.1 Å². The smallest absolute Gasteiger partial charge is 0.407 e. The van der Waals surface area contributed by atoms with Crippen LogP contribution in [0.15, 0.2) is 48.5 Å². The molecule has 0 aromatic heterocycles. The molecular formula is C25H28N2O7. The number of benzene rings is 2. The van der Waals surface area contributed by atoms with E-state index in [1.807, 2.05) is 36.4 Å². The van der Waals surface area contributed by atoms with Gasteiger partial charge in [-0.1, -0.05) is 61.4 Å². The van der Waals surface area contributed by atoms with E-state index in [2.05, 4.69) is 22.9 Å². The van der Waals surface area contributed by atoms with Crippen LogP contribution in [0.1, 0.15) is 36.3 Å². The van der Waals surface area contributed by atoms with Gasteiger partial charge in [-0.3, -0.25) is 9.63 Å². The molecule has 0 saturated heterocycles. The fraction of sp³-hybridized carbons (Fsp3) is 0.400. The summed E-state index contributed by atoms with van der Waals surface area (Å²) < 4.78 is 10.3. The first-order valence-electron chi connectivity index (χ1n) is 11.3. The molecule has 2 aliphatic carbocycles. The number of methoxy groups -OCH3 is 1. The highest BCUT2D eigenvalue weighted by Gasteiger charge is 2.33. The van der Waals surface area contributed by atoms with Crippen LogP contribution >= 0.6 is 0 Å². The second-order valence-electron chi connectivity index (χ2n) is 8.57. The maximum Gasteiger partial charge on any atom is 0.407 e. The van der Waals surface area contributed by atoms with Crippen LogP contribution in [0.3, 0.4) is 0 Å². The summed E-state index contributed by atoms with van der Waals surface area (Å²) in [5, 5.41) is 11.7. The summed E-state index contributed by atoms with van der Waals surface area (Å²) in [7, 11) is 1.33. The molecule has 2 atom stereocenters. The van der Waals surface area contributed by atoms with Crippen LogP contribution in [0.2, 0.25) is 0 Å². The Balaban J connectivity index is 1.36. The number of carbonyl (C=O) groups excluding carboxylic acids is 2. The number of amides is 2. The molecule has 9 nitrogen and oxygen atoms in total. The summed E-state index contributed by atoms with van der Waals surface area (Å²) in [4.78, 5) is 41.4. The van der Waals surface area contributed by atoms with Crippen molar-refractivity contribution in [3.63, 3.8) is 0 Å². The molecule has 180 valence electrons. The molecule has 0 heterocycles. The first kappa shape index (κ1) is 23.7. The Hall–Kier alpha value is -3.43. The third kappa shape index (κ3) is 5.55. The third-order valence-corrected chi connectivity index (χ3v) is 6.11. The number of carboxylic acid groups (broad SMARTS) is 1. The molecule has 34 heavy (non-hydrogen) atoms. The van der Waals surface area contributed by atoms with Crippen LogP contribution in [-0.4, -0.2) is 55.5 Å². The van der Waals surface area contributed by atoms with Crippen molar-refractivity contribution in [2.24, 2.45) is 5.92 Å². The van der Waals surface area contributed by atoms with E-state index in [4.69, 9.17) is 19.4 Å². The van der Waals surface area contributed by atoms with E-state index in [0.717, 1.165) is 35.1 Å². The van der Waals surface area contributed by atoms with Gasteiger partial charge in [0.15, 0.2) is 0 Å². The minimum absolute atomic E-state index is 0.0949. The van der Waals surface area contributed by atoms with Crippen molar-refractivity contribution in [3.05, 3.63) is 59.7 Å². The van der Waals surface area contributed by atoms with E-state index in [-0.39, 0.29) is 19.1 Å². The fourth-order valence-electron chi connectivity index (χ4n) is 4.21. The quantitative estimate of drug-likeness (QED) is 0.433. The number of carbonyl (C=O) groups is 3. The fourth-order valence-corrected chi connectivity index (χ4v) is 4.21. The van der Waals surface area contributed by atoms with Gasteiger partial charge in [0, 0.05) is 13.0 Å². The summed E-state index contributed by atoms with van der Waals surface area (Å²) in [6.07, 6.45) is 0.289. The van der Waals surface area contributed by atoms with Gasteiger partial charge >= 0.3 is 12.1 Å². The number of hydrogen-bond acceptors (Lipinski definition) is 6. The highest BCUT2D eigenvalue weighted by Crippen LogP contribution is 2.44. The summed E-state index contributed by atoms with van der Waals surface area (Å²) in [6, 6.07) is 15.1.